The highest BCUT2D eigenvalue weighted by Gasteiger charge is 2.18. The van der Waals surface area contributed by atoms with Gasteiger partial charge < -0.3 is 9.64 Å². The van der Waals surface area contributed by atoms with Gasteiger partial charge in [-0.1, -0.05) is 0 Å². The van der Waals surface area contributed by atoms with Crippen molar-refractivity contribution in [1.82, 2.24) is 0 Å². The number of nitro benzene ring substituents is 1. The average Bonchev–Trinajstić information content (AvgIpc) is 2.45. The summed E-state index contributed by atoms with van der Waals surface area (Å²) in [5.41, 5.74) is 0.534. The average molecular weight is 277 g/mol. The molecule has 0 radical (unpaired) electrons. The van der Waals surface area contributed by atoms with Crippen molar-refractivity contribution in [3.63, 3.8) is 0 Å². The second-order valence-electron chi connectivity index (χ2n) is 4.17. The number of carbonyl (C=O) groups is 1. The number of anilines is 1. The summed E-state index contributed by atoms with van der Waals surface area (Å²) < 4.78 is 4.53. The van der Waals surface area contributed by atoms with Gasteiger partial charge in [0, 0.05) is 26.1 Å². The fraction of sp³-hybridized carbons (Fsp3) is 0.385. The zero-order valence-corrected chi connectivity index (χ0v) is 11.3. The molecule has 0 spiro atoms. The molecule has 0 unspecified atom stereocenters. The molecule has 0 bridgehead atoms. The topological polar surface area (TPSA) is 96.5 Å². The summed E-state index contributed by atoms with van der Waals surface area (Å²) in [5.74, 6) is -0.312. The Balaban J connectivity index is 2.82. The van der Waals surface area contributed by atoms with Gasteiger partial charge in [-0.3, -0.25) is 14.9 Å². The summed E-state index contributed by atoms with van der Waals surface area (Å²) in [4.78, 5) is 23.2. The Kier molecular flexibility index (Phi) is 5.47. The van der Waals surface area contributed by atoms with Crippen LogP contribution in [0.4, 0.5) is 11.4 Å². The molecule has 0 saturated carbocycles. The number of hydrogen-bond donors (Lipinski definition) is 0. The van der Waals surface area contributed by atoms with Crippen molar-refractivity contribution in [3.8, 4) is 6.07 Å². The lowest BCUT2D eigenvalue weighted by atomic mass is 10.1. The number of nitro groups is 1. The van der Waals surface area contributed by atoms with E-state index in [-0.39, 0.29) is 23.6 Å². The third kappa shape index (κ3) is 3.95. The largest absolute Gasteiger partial charge is 0.469 e. The van der Waals surface area contributed by atoms with Gasteiger partial charge in [0.2, 0.25) is 0 Å². The predicted molar refractivity (Wildman–Crippen MR) is 72.3 cm³/mol. The van der Waals surface area contributed by atoms with Crippen LogP contribution < -0.4 is 4.90 Å². The molecule has 0 aromatic heterocycles. The Morgan fingerprint density at radius 1 is 1.55 bits per heavy atom. The quantitative estimate of drug-likeness (QED) is 0.447. The minimum Gasteiger partial charge on any atom is -0.469 e. The molecule has 20 heavy (non-hydrogen) atoms. The maximum Gasteiger partial charge on any atom is 0.305 e. The van der Waals surface area contributed by atoms with E-state index in [2.05, 4.69) is 4.74 Å². The molecule has 1 aromatic rings. The van der Waals surface area contributed by atoms with Gasteiger partial charge in [0.1, 0.15) is 5.69 Å². The van der Waals surface area contributed by atoms with Crippen LogP contribution in [-0.4, -0.2) is 31.6 Å². The van der Waals surface area contributed by atoms with E-state index in [4.69, 9.17) is 5.26 Å². The van der Waals surface area contributed by atoms with Crippen LogP contribution in [0.25, 0.3) is 0 Å². The molecule has 0 aliphatic rings. The maximum absolute atomic E-state index is 11.0. The predicted octanol–water partition coefficient (Wildman–Crippen LogP) is 1.86. The van der Waals surface area contributed by atoms with Crippen LogP contribution in [0.5, 0.6) is 0 Å². The van der Waals surface area contributed by atoms with Gasteiger partial charge in [-0.05, 0) is 18.6 Å². The molecular weight excluding hydrogens is 262 g/mol. The standard InChI is InChI=1S/C13H15N3O4/c1-15(7-3-4-13(17)20-2)11-6-5-10(9-14)8-12(11)16(18)19/h5-6,8H,3-4,7H2,1-2H3. The van der Waals surface area contributed by atoms with E-state index in [9.17, 15) is 14.9 Å². The van der Waals surface area contributed by atoms with Crippen molar-refractivity contribution in [2.45, 2.75) is 12.8 Å². The number of nitriles is 1. The van der Waals surface area contributed by atoms with Crippen molar-refractivity contribution in [1.29, 1.82) is 5.26 Å². The summed E-state index contributed by atoms with van der Waals surface area (Å²) in [6, 6.07) is 6.18. The summed E-state index contributed by atoms with van der Waals surface area (Å²) in [5, 5.41) is 19.8. The van der Waals surface area contributed by atoms with Gasteiger partial charge in [-0.15, -0.1) is 0 Å². The smallest absolute Gasteiger partial charge is 0.305 e. The molecule has 0 heterocycles. The Bertz CT molecular complexity index is 551. The molecule has 106 valence electrons. The number of benzene rings is 1. The maximum atomic E-state index is 11.0. The normalized spacial score (nSPS) is 9.65. The monoisotopic (exact) mass is 277 g/mol. The van der Waals surface area contributed by atoms with Crippen LogP contribution in [0.1, 0.15) is 18.4 Å². The number of rotatable bonds is 6. The fourth-order valence-corrected chi connectivity index (χ4v) is 1.75. The third-order valence-electron chi connectivity index (χ3n) is 2.81. The van der Waals surface area contributed by atoms with Crippen LogP contribution in [0, 0.1) is 21.4 Å². The molecule has 0 aliphatic carbocycles. The Hall–Kier alpha value is -2.62. The van der Waals surface area contributed by atoms with Crippen molar-refractivity contribution in [2.24, 2.45) is 0 Å². The van der Waals surface area contributed by atoms with E-state index in [1.807, 2.05) is 6.07 Å². The van der Waals surface area contributed by atoms with Crippen LogP contribution in [0.15, 0.2) is 18.2 Å². The molecule has 7 nitrogen and oxygen atoms in total. The zero-order chi connectivity index (χ0) is 15.1. The first-order chi connectivity index (χ1) is 9.49. The van der Waals surface area contributed by atoms with Crippen LogP contribution in [0.3, 0.4) is 0 Å². The van der Waals surface area contributed by atoms with E-state index in [1.165, 1.54) is 25.3 Å². The lowest BCUT2D eigenvalue weighted by Gasteiger charge is -2.18. The molecule has 0 atom stereocenters. The lowest BCUT2D eigenvalue weighted by Crippen LogP contribution is -2.20. The van der Waals surface area contributed by atoms with Gasteiger partial charge in [-0.25, -0.2) is 0 Å². The summed E-state index contributed by atoms with van der Waals surface area (Å²) in [7, 11) is 3.02. The number of esters is 1. The molecule has 0 fully saturated rings. The number of methoxy groups -OCH3 is 1. The third-order valence-corrected chi connectivity index (χ3v) is 2.81. The van der Waals surface area contributed by atoms with Gasteiger partial charge in [0.15, 0.2) is 0 Å². The second kappa shape index (κ2) is 7.09. The molecule has 0 amide bonds. The number of nitrogens with zero attached hydrogens (tertiary/aromatic N) is 3. The van der Waals surface area contributed by atoms with Gasteiger partial charge in [0.25, 0.3) is 5.69 Å². The molecule has 7 heteroatoms. The fourth-order valence-electron chi connectivity index (χ4n) is 1.75. The first-order valence-electron chi connectivity index (χ1n) is 5.96. The highest BCUT2D eigenvalue weighted by atomic mass is 16.6. The van der Waals surface area contributed by atoms with Crippen molar-refractivity contribution in [2.75, 3.05) is 25.6 Å². The van der Waals surface area contributed by atoms with Gasteiger partial charge >= 0.3 is 5.97 Å². The minimum absolute atomic E-state index is 0.121. The number of hydrogen-bond acceptors (Lipinski definition) is 6. The summed E-state index contributed by atoms with van der Waals surface area (Å²) in [6.07, 6.45) is 0.783. The molecule has 0 N–H and O–H groups in total. The summed E-state index contributed by atoms with van der Waals surface area (Å²) >= 11 is 0. The lowest BCUT2D eigenvalue weighted by molar-refractivity contribution is -0.384. The summed E-state index contributed by atoms with van der Waals surface area (Å²) in [6.45, 7) is 0.474. The van der Waals surface area contributed by atoms with E-state index < -0.39 is 4.92 Å². The van der Waals surface area contributed by atoms with Crippen molar-refractivity contribution < 1.29 is 14.5 Å². The van der Waals surface area contributed by atoms with E-state index in [0.29, 0.717) is 18.7 Å². The highest BCUT2D eigenvalue weighted by Crippen LogP contribution is 2.28. The zero-order valence-electron chi connectivity index (χ0n) is 11.3. The number of carbonyl (C=O) groups excluding carboxylic acids is 1. The van der Waals surface area contributed by atoms with Crippen LogP contribution in [-0.2, 0) is 9.53 Å². The molecule has 0 aliphatic heterocycles. The number of ether oxygens (including phenoxy) is 1. The first-order valence-corrected chi connectivity index (χ1v) is 5.96. The molecular formula is C13H15N3O4. The van der Waals surface area contributed by atoms with Crippen molar-refractivity contribution in [3.05, 3.63) is 33.9 Å². The van der Waals surface area contributed by atoms with E-state index in [0.717, 1.165) is 0 Å². The molecule has 1 rings (SSSR count). The van der Waals surface area contributed by atoms with E-state index >= 15 is 0 Å². The Labute approximate surface area is 116 Å². The highest BCUT2D eigenvalue weighted by molar-refractivity contribution is 5.69. The van der Waals surface area contributed by atoms with Crippen LogP contribution in [0.2, 0.25) is 0 Å². The SMILES string of the molecule is COC(=O)CCCN(C)c1ccc(C#N)cc1[N+](=O)[O-]. The van der Waals surface area contributed by atoms with Gasteiger partial charge in [-0.2, -0.15) is 5.26 Å². The van der Waals surface area contributed by atoms with E-state index in [1.54, 1.807) is 11.9 Å². The Morgan fingerprint density at radius 3 is 2.80 bits per heavy atom. The Morgan fingerprint density at radius 2 is 2.25 bits per heavy atom. The first kappa shape index (κ1) is 15.4. The van der Waals surface area contributed by atoms with Gasteiger partial charge in [0.05, 0.1) is 23.7 Å². The van der Waals surface area contributed by atoms with Crippen LogP contribution >= 0.6 is 0 Å². The minimum atomic E-state index is -0.521. The molecule has 1 aromatic carbocycles. The van der Waals surface area contributed by atoms with Crippen molar-refractivity contribution >= 4 is 17.3 Å². The molecule has 0 saturated heterocycles. The second-order valence-corrected chi connectivity index (χ2v) is 4.17.